The number of H-pyrrole nitrogens is 2. The minimum Gasteiger partial charge on any atom is -0.318 e. The number of nitrogens with one attached hydrogen (secondary N) is 3. The van der Waals surface area contributed by atoms with Gasteiger partial charge in [0.05, 0.1) is 0 Å². The third-order valence-corrected chi connectivity index (χ3v) is 1.56. The highest BCUT2D eigenvalue weighted by Gasteiger charge is 2.02. The minimum atomic E-state index is 0.407. The Labute approximate surface area is 75.1 Å². The van der Waals surface area contributed by atoms with Gasteiger partial charge in [-0.25, -0.2) is 5.84 Å². The monoisotopic (exact) mass is 188 g/mol. The average Bonchev–Trinajstić information content (AvgIpc) is 2.47. The highest BCUT2D eigenvalue weighted by molar-refractivity contribution is 7.71. The van der Waals surface area contributed by atoms with Crippen molar-refractivity contribution in [3.63, 3.8) is 0 Å². The van der Waals surface area contributed by atoms with Crippen molar-refractivity contribution in [2.24, 2.45) is 5.84 Å². The van der Waals surface area contributed by atoms with E-state index in [0.717, 1.165) is 6.54 Å². The number of hydrazine groups is 1. The summed E-state index contributed by atoms with van der Waals surface area (Å²) in [6.07, 6.45) is 0. The first-order chi connectivity index (χ1) is 5.74. The van der Waals surface area contributed by atoms with Crippen LogP contribution in [0.3, 0.4) is 0 Å². The van der Waals surface area contributed by atoms with Crippen LogP contribution in [-0.2, 0) is 0 Å². The predicted molar refractivity (Wildman–Crippen MR) is 49.2 cm³/mol. The zero-order valence-electron chi connectivity index (χ0n) is 6.79. The van der Waals surface area contributed by atoms with Crippen molar-refractivity contribution < 1.29 is 0 Å². The highest BCUT2D eigenvalue weighted by Crippen LogP contribution is 1.97. The Morgan fingerprint density at radius 3 is 2.92 bits per heavy atom. The summed E-state index contributed by atoms with van der Waals surface area (Å²) >= 11 is 4.77. The maximum Gasteiger partial charge on any atom is 0.235 e. The molecule has 0 saturated carbocycles. The van der Waals surface area contributed by atoms with Crippen LogP contribution in [-0.4, -0.2) is 35.3 Å². The number of nitrogens with two attached hydrogens (primary N) is 1. The summed E-state index contributed by atoms with van der Waals surface area (Å²) < 4.78 is 0.407. The SMILES string of the molecule is CNCCN(N)c1nc(=S)[nH][nH]1. The molecule has 68 valence electrons. The smallest absolute Gasteiger partial charge is 0.235 e. The molecule has 0 fully saturated rings. The van der Waals surface area contributed by atoms with E-state index in [1.54, 1.807) is 0 Å². The van der Waals surface area contributed by atoms with Gasteiger partial charge in [-0.05, 0) is 19.3 Å². The van der Waals surface area contributed by atoms with E-state index in [9.17, 15) is 0 Å². The van der Waals surface area contributed by atoms with Crippen LogP contribution in [0.25, 0.3) is 0 Å². The number of hydrogen-bond donors (Lipinski definition) is 4. The second-order valence-electron chi connectivity index (χ2n) is 2.29. The van der Waals surface area contributed by atoms with Gasteiger partial charge in [-0.1, -0.05) is 0 Å². The fourth-order valence-corrected chi connectivity index (χ4v) is 0.873. The van der Waals surface area contributed by atoms with Crippen molar-refractivity contribution in [2.45, 2.75) is 0 Å². The molecule has 0 aliphatic rings. The fraction of sp³-hybridized carbons (Fsp3) is 0.600. The van der Waals surface area contributed by atoms with Crippen LogP contribution in [0.1, 0.15) is 0 Å². The topological polar surface area (TPSA) is 85.8 Å². The van der Waals surface area contributed by atoms with E-state index in [-0.39, 0.29) is 0 Å². The Morgan fingerprint density at radius 2 is 2.42 bits per heavy atom. The van der Waals surface area contributed by atoms with Crippen LogP contribution in [0.5, 0.6) is 0 Å². The number of aromatic amines is 2. The molecule has 7 heteroatoms. The number of likely N-dealkylation sites (N-methyl/N-ethyl adjacent to an activating group) is 1. The van der Waals surface area contributed by atoms with Gasteiger partial charge < -0.3 is 5.32 Å². The lowest BCUT2D eigenvalue weighted by Crippen LogP contribution is -2.37. The van der Waals surface area contributed by atoms with Gasteiger partial charge >= 0.3 is 0 Å². The fourth-order valence-electron chi connectivity index (χ4n) is 0.736. The first-order valence-corrected chi connectivity index (χ1v) is 3.96. The third-order valence-electron chi connectivity index (χ3n) is 1.36. The van der Waals surface area contributed by atoms with E-state index in [2.05, 4.69) is 20.5 Å². The second kappa shape index (κ2) is 4.19. The zero-order chi connectivity index (χ0) is 8.97. The minimum absolute atomic E-state index is 0.407. The first kappa shape index (κ1) is 9.17. The molecule has 12 heavy (non-hydrogen) atoms. The van der Waals surface area contributed by atoms with E-state index in [1.807, 2.05) is 7.05 Å². The quantitative estimate of drug-likeness (QED) is 0.287. The third kappa shape index (κ3) is 2.29. The molecule has 1 aromatic rings. The zero-order valence-corrected chi connectivity index (χ0v) is 7.61. The number of aromatic nitrogens is 3. The molecule has 6 nitrogen and oxygen atoms in total. The summed E-state index contributed by atoms with van der Waals surface area (Å²) in [7, 11) is 1.86. The van der Waals surface area contributed by atoms with Crippen LogP contribution in [0.4, 0.5) is 5.95 Å². The molecule has 0 aliphatic carbocycles. The Morgan fingerprint density at radius 1 is 1.67 bits per heavy atom. The van der Waals surface area contributed by atoms with Gasteiger partial charge in [-0.15, -0.1) is 0 Å². The molecule has 0 unspecified atom stereocenters. The lowest BCUT2D eigenvalue weighted by atomic mass is 10.6. The largest absolute Gasteiger partial charge is 0.318 e. The molecule has 0 amide bonds. The number of nitrogens with zero attached hydrogens (tertiary/aromatic N) is 2. The van der Waals surface area contributed by atoms with Gasteiger partial charge in [0.25, 0.3) is 0 Å². The van der Waals surface area contributed by atoms with Crippen LogP contribution in [0.15, 0.2) is 0 Å². The molecule has 0 spiro atoms. The molecule has 0 aliphatic heterocycles. The summed E-state index contributed by atoms with van der Waals surface area (Å²) in [5.41, 5.74) is 0. The Bertz CT molecular complexity index is 277. The van der Waals surface area contributed by atoms with Crippen LogP contribution in [0.2, 0.25) is 0 Å². The molecule has 1 rings (SSSR count). The number of anilines is 1. The van der Waals surface area contributed by atoms with Gasteiger partial charge in [-0.3, -0.25) is 15.2 Å². The standard InChI is InChI=1S/C5H12N6S/c1-7-2-3-11(6)4-8-5(12)10-9-4/h7H,2-3,6H2,1H3,(H2,8,9,10,12). The van der Waals surface area contributed by atoms with Gasteiger partial charge in [0.2, 0.25) is 10.7 Å². The summed E-state index contributed by atoms with van der Waals surface area (Å²) in [5, 5.41) is 9.87. The van der Waals surface area contributed by atoms with Gasteiger partial charge in [0, 0.05) is 13.1 Å². The second-order valence-corrected chi connectivity index (χ2v) is 2.67. The Hall–Kier alpha value is -0.920. The highest BCUT2D eigenvalue weighted by atomic mass is 32.1. The normalized spacial score (nSPS) is 10.2. The number of rotatable bonds is 4. The van der Waals surface area contributed by atoms with E-state index < -0.39 is 0 Å². The number of hydrogen-bond acceptors (Lipinski definition) is 5. The maximum atomic E-state index is 5.63. The summed E-state index contributed by atoms with van der Waals surface area (Å²) in [5.74, 6) is 6.18. The van der Waals surface area contributed by atoms with Crippen molar-refractivity contribution >= 4 is 18.2 Å². The van der Waals surface area contributed by atoms with E-state index in [4.69, 9.17) is 18.1 Å². The average molecular weight is 188 g/mol. The van der Waals surface area contributed by atoms with Crippen molar-refractivity contribution in [1.29, 1.82) is 0 Å². The van der Waals surface area contributed by atoms with Crippen LogP contribution < -0.4 is 16.2 Å². The van der Waals surface area contributed by atoms with E-state index in [0.29, 0.717) is 17.3 Å². The van der Waals surface area contributed by atoms with Crippen LogP contribution >= 0.6 is 12.2 Å². The summed E-state index contributed by atoms with van der Waals surface area (Å²) in [6, 6.07) is 0. The van der Waals surface area contributed by atoms with Crippen LogP contribution in [0, 0.1) is 4.77 Å². The first-order valence-electron chi connectivity index (χ1n) is 3.55. The van der Waals surface area contributed by atoms with Crippen molar-refractivity contribution in [3.8, 4) is 0 Å². The summed E-state index contributed by atoms with van der Waals surface area (Å²) in [4.78, 5) is 3.94. The molecule has 0 saturated heterocycles. The van der Waals surface area contributed by atoms with Crippen molar-refractivity contribution in [2.75, 3.05) is 25.1 Å². The van der Waals surface area contributed by atoms with Gasteiger partial charge in [0.15, 0.2) is 0 Å². The Balaban J connectivity index is 2.53. The molecule has 0 bridgehead atoms. The molecule has 0 radical (unpaired) electrons. The van der Waals surface area contributed by atoms with Gasteiger partial charge in [0.1, 0.15) is 0 Å². The molecular formula is C5H12N6S. The molecule has 1 aromatic heterocycles. The predicted octanol–water partition coefficient (Wildman–Crippen LogP) is -0.633. The molecule has 1 heterocycles. The van der Waals surface area contributed by atoms with Gasteiger partial charge in [-0.2, -0.15) is 4.98 Å². The molecule has 5 N–H and O–H groups in total. The summed E-state index contributed by atoms with van der Waals surface area (Å²) in [6.45, 7) is 1.47. The van der Waals surface area contributed by atoms with Crippen molar-refractivity contribution in [1.82, 2.24) is 20.5 Å². The maximum absolute atomic E-state index is 5.63. The lowest BCUT2D eigenvalue weighted by Gasteiger charge is -2.13. The molecule has 0 atom stereocenters. The van der Waals surface area contributed by atoms with E-state index in [1.165, 1.54) is 5.01 Å². The molecule has 0 aromatic carbocycles. The van der Waals surface area contributed by atoms with E-state index >= 15 is 0 Å². The Kier molecular flexibility index (Phi) is 3.20. The van der Waals surface area contributed by atoms with Crippen molar-refractivity contribution in [3.05, 3.63) is 4.77 Å². The lowest BCUT2D eigenvalue weighted by molar-refractivity contribution is 0.727. The molecular weight excluding hydrogens is 176 g/mol.